The minimum absolute atomic E-state index is 0.0497. The van der Waals surface area contributed by atoms with E-state index in [2.05, 4.69) is 36.2 Å². The number of hydrogen-bond donors (Lipinski definition) is 1. The van der Waals surface area contributed by atoms with Crippen LogP contribution < -0.4 is 5.32 Å². The van der Waals surface area contributed by atoms with Gasteiger partial charge in [0, 0.05) is 55.8 Å². The molecule has 4 heterocycles. The van der Waals surface area contributed by atoms with Gasteiger partial charge in [-0.05, 0) is 52.6 Å². The van der Waals surface area contributed by atoms with Gasteiger partial charge in [-0.2, -0.15) is 5.10 Å². The van der Waals surface area contributed by atoms with E-state index >= 15 is 0 Å². The Morgan fingerprint density at radius 3 is 2.86 bits per heavy atom. The van der Waals surface area contributed by atoms with Crippen molar-refractivity contribution in [1.29, 1.82) is 0 Å². The summed E-state index contributed by atoms with van der Waals surface area (Å²) in [5.74, 6) is 1.55. The van der Waals surface area contributed by atoms with Gasteiger partial charge < -0.3 is 10.2 Å². The molecule has 2 aromatic rings. The van der Waals surface area contributed by atoms with Gasteiger partial charge in [0.15, 0.2) is 0 Å². The molecular formula is C22H32N6O. The van der Waals surface area contributed by atoms with E-state index in [4.69, 9.17) is 4.98 Å². The third-order valence-corrected chi connectivity index (χ3v) is 6.54. The molecule has 0 saturated carbocycles. The van der Waals surface area contributed by atoms with Gasteiger partial charge >= 0.3 is 0 Å². The average molecular weight is 397 g/mol. The van der Waals surface area contributed by atoms with Crippen molar-refractivity contribution >= 4 is 5.91 Å². The molecule has 156 valence electrons. The van der Waals surface area contributed by atoms with E-state index in [0.29, 0.717) is 18.9 Å². The van der Waals surface area contributed by atoms with Gasteiger partial charge in [0.2, 0.25) is 5.91 Å². The number of nitrogens with zero attached hydrogens (tertiary/aromatic N) is 5. The molecule has 4 rings (SSSR count). The van der Waals surface area contributed by atoms with E-state index < -0.39 is 0 Å². The monoisotopic (exact) mass is 396 g/mol. The lowest BCUT2D eigenvalue weighted by molar-refractivity contribution is -0.133. The molecule has 1 amide bonds. The Hall–Kier alpha value is -2.28. The molecule has 0 bridgehead atoms. The first kappa shape index (κ1) is 20.0. The summed E-state index contributed by atoms with van der Waals surface area (Å²) < 4.78 is 1.99. The van der Waals surface area contributed by atoms with Crippen molar-refractivity contribution in [3.05, 3.63) is 40.2 Å². The second kappa shape index (κ2) is 8.22. The Labute approximate surface area is 172 Å². The van der Waals surface area contributed by atoms with Gasteiger partial charge in [-0.1, -0.05) is 0 Å². The summed E-state index contributed by atoms with van der Waals surface area (Å²) in [6.07, 6.45) is 5.55. The van der Waals surface area contributed by atoms with Crippen LogP contribution in [0.25, 0.3) is 0 Å². The number of fused-ring (bicyclic) bond motifs is 1. The topological polar surface area (TPSA) is 75.9 Å². The lowest BCUT2D eigenvalue weighted by Crippen LogP contribution is -2.38. The first-order valence-electron chi connectivity index (χ1n) is 10.8. The smallest absolute Gasteiger partial charge is 0.225 e. The first-order valence-corrected chi connectivity index (χ1v) is 10.8. The number of carbonyl (C=O) groups is 1. The summed E-state index contributed by atoms with van der Waals surface area (Å²) in [7, 11) is 0. The highest BCUT2D eigenvalue weighted by Crippen LogP contribution is 2.25. The quantitative estimate of drug-likeness (QED) is 0.860. The molecule has 1 saturated heterocycles. The van der Waals surface area contributed by atoms with Crippen molar-refractivity contribution < 1.29 is 4.79 Å². The zero-order valence-corrected chi connectivity index (χ0v) is 18.0. The summed E-state index contributed by atoms with van der Waals surface area (Å²) in [6.45, 7) is 11.6. The Kier molecular flexibility index (Phi) is 5.67. The number of hydrogen-bond acceptors (Lipinski definition) is 5. The minimum atomic E-state index is 0.0497. The Morgan fingerprint density at radius 2 is 2.17 bits per heavy atom. The van der Waals surface area contributed by atoms with Crippen molar-refractivity contribution in [1.82, 2.24) is 30.0 Å². The highest BCUT2D eigenvalue weighted by Gasteiger charge is 2.26. The maximum absolute atomic E-state index is 12.9. The number of amides is 1. The van der Waals surface area contributed by atoms with Crippen LogP contribution in [0.2, 0.25) is 0 Å². The molecule has 7 nitrogen and oxygen atoms in total. The van der Waals surface area contributed by atoms with Crippen LogP contribution in [0.4, 0.5) is 0 Å². The van der Waals surface area contributed by atoms with Gasteiger partial charge in [0.1, 0.15) is 5.82 Å². The number of aryl methyl sites for hydroxylation is 1. The normalized spacial score (nSPS) is 20.4. The molecule has 2 aliphatic heterocycles. The minimum Gasteiger partial charge on any atom is -0.338 e. The van der Waals surface area contributed by atoms with Crippen molar-refractivity contribution in [2.75, 3.05) is 19.6 Å². The molecule has 1 N–H and O–H groups in total. The van der Waals surface area contributed by atoms with E-state index in [9.17, 15) is 4.79 Å². The third kappa shape index (κ3) is 4.06. The van der Waals surface area contributed by atoms with Crippen LogP contribution in [0.3, 0.4) is 0 Å². The van der Waals surface area contributed by atoms with Crippen LogP contribution in [0.15, 0.2) is 6.20 Å². The highest BCUT2D eigenvalue weighted by atomic mass is 16.2. The van der Waals surface area contributed by atoms with Crippen LogP contribution in [-0.4, -0.2) is 50.2 Å². The van der Waals surface area contributed by atoms with Gasteiger partial charge in [-0.15, -0.1) is 0 Å². The summed E-state index contributed by atoms with van der Waals surface area (Å²) in [4.78, 5) is 24.4. The Balaban J connectivity index is 1.41. The van der Waals surface area contributed by atoms with Crippen molar-refractivity contribution in [3.63, 3.8) is 0 Å². The van der Waals surface area contributed by atoms with Gasteiger partial charge in [-0.25, -0.2) is 9.97 Å². The predicted octanol–water partition coefficient (Wildman–Crippen LogP) is 2.60. The maximum Gasteiger partial charge on any atom is 0.225 e. The number of rotatable bonds is 4. The molecule has 2 atom stereocenters. The Morgan fingerprint density at radius 1 is 1.34 bits per heavy atom. The van der Waals surface area contributed by atoms with Crippen LogP contribution in [0.5, 0.6) is 0 Å². The lowest BCUT2D eigenvalue weighted by atomic mass is 9.98. The second-order valence-corrected chi connectivity index (χ2v) is 8.60. The van der Waals surface area contributed by atoms with Gasteiger partial charge in [0.05, 0.1) is 17.4 Å². The highest BCUT2D eigenvalue weighted by molar-refractivity contribution is 5.77. The number of nitrogens with one attached hydrogen (secondary N) is 1. The summed E-state index contributed by atoms with van der Waals surface area (Å²) in [5, 5.41) is 8.05. The maximum atomic E-state index is 12.9. The molecule has 0 aromatic carbocycles. The first-order chi connectivity index (χ1) is 13.9. The van der Waals surface area contributed by atoms with E-state index in [1.165, 1.54) is 12.0 Å². The van der Waals surface area contributed by atoms with E-state index in [1.807, 2.05) is 22.7 Å². The molecule has 0 spiro atoms. The predicted molar refractivity (Wildman–Crippen MR) is 112 cm³/mol. The summed E-state index contributed by atoms with van der Waals surface area (Å²) in [6, 6.07) is 0.0497. The van der Waals surface area contributed by atoms with Gasteiger partial charge in [0.25, 0.3) is 0 Å². The summed E-state index contributed by atoms with van der Waals surface area (Å²) in [5.41, 5.74) is 5.59. The van der Waals surface area contributed by atoms with E-state index in [-0.39, 0.29) is 11.9 Å². The molecule has 1 fully saturated rings. The van der Waals surface area contributed by atoms with Crippen molar-refractivity contribution in [2.24, 2.45) is 0 Å². The van der Waals surface area contributed by atoms with E-state index in [1.54, 1.807) is 0 Å². The SMILES string of the molecule is Cc1nn(C(C)CC(=O)N2CCc3nc(C4CCCNC4)ncc3C2)c(C)c1C. The van der Waals surface area contributed by atoms with Gasteiger partial charge in [-0.3, -0.25) is 9.48 Å². The second-order valence-electron chi connectivity index (χ2n) is 8.60. The zero-order chi connectivity index (χ0) is 20.5. The number of carbonyl (C=O) groups excluding carboxylic acids is 1. The molecule has 0 aliphatic carbocycles. The number of piperidine rings is 1. The van der Waals surface area contributed by atoms with Crippen molar-refractivity contribution in [2.45, 2.75) is 71.9 Å². The fraction of sp³-hybridized carbons (Fsp3) is 0.636. The lowest BCUT2D eigenvalue weighted by Gasteiger charge is -2.30. The van der Waals surface area contributed by atoms with Crippen LogP contribution >= 0.6 is 0 Å². The van der Waals surface area contributed by atoms with E-state index in [0.717, 1.165) is 60.9 Å². The standard InChI is InChI=1S/C22H32N6O/c1-14(28-17(4)15(2)16(3)26-28)10-21(29)27-9-7-20-19(13-27)12-24-22(25-20)18-6-5-8-23-11-18/h12,14,18,23H,5-11,13H2,1-4H3. The largest absolute Gasteiger partial charge is 0.338 e. The fourth-order valence-electron chi connectivity index (χ4n) is 4.46. The molecule has 7 heteroatoms. The van der Waals surface area contributed by atoms with Crippen LogP contribution in [0, 0.1) is 20.8 Å². The molecule has 2 aliphatic rings. The van der Waals surface area contributed by atoms with Crippen LogP contribution in [-0.2, 0) is 17.8 Å². The molecular weight excluding hydrogens is 364 g/mol. The van der Waals surface area contributed by atoms with Crippen LogP contribution in [0.1, 0.15) is 72.2 Å². The average Bonchev–Trinajstić information content (AvgIpc) is 3.01. The van der Waals surface area contributed by atoms with Crippen molar-refractivity contribution in [3.8, 4) is 0 Å². The summed E-state index contributed by atoms with van der Waals surface area (Å²) >= 11 is 0. The third-order valence-electron chi connectivity index (χ3n) is 6.54. The molecule has 2 aromatic heterocycles. The molecule has 2 unspecified atom stereocenters. The Bertz CT molecular complexity index is 899. The number of aromatic nitrogens is 4. The molecule has 29 heavy (non-hydrogen) atoms. The fourth-order valence-corrected chi connectivity index (χ4v) is 4.46. The molecule has 0 radical (unpaired) electrons. The zero-order valence-electron chi connectivity index (χ0n) is 18.0.